The number of nitrogens with two attached hydrogens (primary N) is 1. The van der Waals surface area contributed by atoms with Crippen molar-refractivity contribution in [1.29, 1.82) is 0 Å². The monoisotopic (exact) mass is 419 g/mol. The predicted octanol–water partition coefficient (Wildman–Crippen LogP) is 2.03. The summed E-state index contributed by atoms with van der Waals surface area (Å²) in [6.07, 6.45) is 3.81. The number of piperidine rings is 2. The summed E-state index contributed by atoms with van der Waals surface area (Å²) >= 11 is 1.67. The Hall–Kier alpha value is -1.57. The van der Waals surface area contributed by atoms with Crippen molar-refractivity contribution < 1.29 is 14.7 Å². The number of amides is 2. The van der Waals surface area contributed by atoms with Gasteiger partial charge < -0.3 is 20.6 Å². The Labute approximate surface area is 177 Å². The van der Waals surface area contributed by atoms with Crippen LogP contribution in [0.5, 0.6) is 0 Å². The molecule has 1 spiro atoms. The first-order valence-electron chi connectivity index (χ1n) is 10.5. The van der Waals surface area contributed by atoms with Crippen LogP contribution in [0.2, 0.25) is 0 Å². The zero-order valence-electron chi connectivity index (χ0n) is 17.4. The summed E-state index contributed by atoms with van der Waals surface area (Å²) in [5.41, 5.74) is 6.35. The molecule has 0 aliphatic carbocycles. The first-order chi connectivity index (χ1) is 13.9. The second kappa shape index (κ2) is 9.49. The Bertz CT molecular complexity index is 717. The van der Waals surface area contributed by atoms with Gasteiger partial charge in [0.05, 0.1) is 23.6 Å². The zero-order chi connectivity index (χ0) is 21.0. The fraction of sp³-hybridized carbons (Fsp3) is 0.636. The number of aliphatic hydroxyl groups excluding tert-OH is 1. The van der Waals surface area contributed by atoms with Crippen LogP contribution in [0, 0.1) is 5.41 Å². The molecule has 2 fully saturated rings. The Balaban J connectivity index is 1.81. The van der Waals surface area contributed by atoms with E-state index < -0.39 is 17.6 Å². The van der Waals surface area contributed by atoms with Crippen LogP contribution in [0.25, 0.3) is 0 Å². The van der Waals surface area contributed by atoms with Gasteiger partial charge in [0.2, 0.25) is 11.8 Å². The lowest BCUT2D eigenvalue weighted by Gasteiger charge is -2.52. The highest BCUT2D eigenvalue weighted by Gasteiger charge is 2.53. The number of aliphatic hydroxyl groups is 1. The van der Waals surface area contributed by atoms with E-state index in [9.17, 15) is 14.7 Å². The molecule has 1 aromatic carbocycles. The third-order valence-electron chi connectivity index (χ3n) is 6.34. The second-order valence-corrected chi connectivity index (χ2v) is 9.24. The molecule has 2 heterocycles. The molecule has 1 aromatic rings. The smallest absolute Gasteiger partial charge is 0.239 e. The molecule has 4 atom stereocenters. The fourth-order valence-corrected chi connectivity index (χ4v) is 5.38. The highest BCUT2D eigenvalue weighted by atomic mass is 32.2. The van der Waals surface area contributed by atoms with Crippen molar-refractivity contribution in [2.24, 2.45) is 11.1 Å². The summed E-state index contributed by atoms with van der Waals surface area (Å²) in [7, 11) is 0. The summed E-state index contributed by atoms with van der Waals surface area (Å²) in [6.45, 7) is 3.46. The normalized spacial score (nSPS) is 28.6. The quantitative estimate of drug-likeness (QED) is 0.737. The third-order valence-corrected chi connectivity index (χ3v) is 6.98. The van der Waals surface area contributed by atoms with E-state index in [1.807, 2.05) is 43.5 Å². The summed E-state index contributed by atoms with van der Waals surface area (Å²) < 4.78 is 0. The maximum Gasteiger partial charge on any atom is 0.239 e. The topological polar surface area (TPSA) is 86.9 Å². The lowest BCUT2D eigenvalue weighted by Crippen LogP contribution is -2.62. The van der Waals surface area contributed by atoms with Crippen LogP contribution < -0.4 is 5.73 Å². The van der Waals surface area contributed by atoms with E-state index in [1.165, 1.54) is 0 Å². The first kappa shape index (κ1) is 22.1. The van der Waals surface area contributed by atoms with Gasteiger partial charge in [-0.2, -0.15) is 11.8 Å². The molecule has 2 saturated heterocycles. The molecule has 2 amide bonds. The first-order valence-corrected chi connectivity index (χ1v) is 11.9. The largest absolute Gasteiger partial charge is 0.391 e. The minimum Gasteiger partial charge on any atom is -0.391 e. The minimum atomic E-state index is -0.714. The van der Waals surface area contributed by atoms with E-state index >= 15 is 0 Å². The van der Waals surface area contributed by atoms with Crippen molar-refractivity contribution in [2.45, 2.75) is 50.8 Å². The molecule has 2 aliphatic heterocycles. The van der Waals surface area contributed by atoms with Gasteiger partial charge in [0.25, 0.3) is 0 Å². The van der Waals surface area contributed by atoms with Crippen molar-refractivity contribution in [1.82, 2.24) is 9.80 Å². The number of hydrogen-bond acceptors (Lipinski definition) is 5. The van der Waals surface area contributed by atoms with Crippen molar-refractivity contribution in [2.75, 3.05) is 31.6 Å². The van der Waals surface area contributed by atoms with E-state index in [2.05, 4.69) is 0 Å². The molecule has 7 heteroatoms. The molecule has 29 heavy (non-hydrogen) atoms. The molecular weight excluding hydrogens is 386 g/mol. The highest BCUT2D eigenvalue weighted by molar-refractivity contribution is 7.98. The number of carbonyl (C=O) groups excluding carboxylic acids is 2. The number of benzene rings is 1. The number of hydrogen-bond donors (Lipinski definition) is 2. The van der Waals surface area contributed by atoms with E-state index in [0.717, 1.165) is 17.7 Å². The highest BCUT2D eigenvalue weighted by Crippen LogP contribution is 2.45. The van der Waals surface area contributed by atoms with Gasteiger partial charge in [-0.1, -0.05) is 30.3 Å². The van der Waals surface area contributed by atoms with Crippen LogP contribution in [0.15, 0.2) is 30.3 Å². The average molecular weight is 420 g/mol. The van der Waals surface area contributed by atoms with Crippen LogP contribution in [-0.4, -0.2) is 70.5 Å². The summed E-state index contributed by atoms with van der Waals surface area (Å²) in [4.78, 5) is 30.0. The molecule has 0 saturated carbocycles. The molecular formula is C22H33N3O3S. The number of thioether (sulfide) groups is 1. The molecule has 0 bridgehead atoms. The van der Waals surface area contributed by atoms with Crippen LogP contribution in [0.3, 0.4) is 0 Å². The predicted molar refractivity (Wildman–Crippen MR) is 116 cm³/mol. The molecule has 0 aromatic heterocycles. The van der Waals surface area contributed by atoms with Crippen molar-refractivity contribution >= 4 is 23.6 Å². The minimum absolute atomic E-state index is 0.0503. The molecule has 6 nitrogen and oxygen atoms in total. The van der Waals surface area contributed by atoms with Gasteiger partial charge in [-0.15, -0.1) is 0 Å². The van der Waals surface area contributed by atoms with E-state index in [4.69, 9.17) is 5.73 Å². The molecule has 160 valence electrons. The van der Waals surface area contributed by atoms with E-state index in [0.29, 0.717) is 38.9 Å². The maximum absolute atomic E-state index is 13.6. The Morgan fingerprint density at radius 3 is 2.76 bits per heavy atom. The van der Waals surface area contributed by atoms with Gasteiger partial charge in [0, 0.05) is 19.6 Å². The fourth-order valence-electron chi connectivity index (χ4n) is 4.89. The molecule has 0 unspecified atom stereocenters. The summed E-state index contributed by atoms with van der Waals surface area (Å²) in [5, 5.41) is 11.1. The standard InChI is InChI=1S/C22H33N3O3S/c1-3-25-19(16-8-5-4-6-9-16)18(26)14-22(21(25)28)11-7-12-24(15-22)20(27)17(23)10-13-29-2/h4-6,8-9,17-19,26H,3,7,10-15,23H2,1-2H3/t17-,18+,19-,22+/m0/s1. The molecule has 2 aliphatic rings. The number of rotatable bonds is 6. The lowest BCUT2D eigenvalue weighted by atomic mass is 9.69. The van der Waals surface area contributed by atoms with Gasteiger partial charge in [-0.05, 0) is 50.2 Å². The van der Waals surface area contributed by atoms with Crippen LogP contribution in [0.1, 0.15) is 44.2 Å². The van der Waals surface area contributed by atoms with Gasteiger partial charge in [0.1, 0.15) is 0 Å². The number of likely N-dealkylation sites (N-methyl/N-ethyl adjacent to an activating group) is 1. The lowest BCUT2D eigenvalue weighted by molar-refractivity contribution is -0.166. The average Bonchev–Trinajstić information content (AvgIpc) is 2.74. The second-order valence-electron chi connectivity index (χ2n) is 8.25. The summed E-state index contributed by atoms with van der Waals surface area (Å²) in [5.74, 6) is 0.814. The van der Waals surface area contributed by atoms with Gasteiger partial charge in [-0.25, -0.2) is 0 Å². The number of carbonyl (C=O) groups is 2. The van der Waals surface area contributed by atoms with Crippen LogP contribution in [-0.2, 0) is 9.59 Å². The van der Waals surface area contributed by atoms with E-state index in [1.54, 1.807) is 21.6 Å². The SMILES string of the molecule is CCN1C(=O)[C@]2(CCCN(C(=O)[C@@H](N)CCSC)C2)C[C@@H](O)[C@@H]1c1ccccc1. The van der Waals surface area contributed by atoms with Crippen molar-refractivity contribution in [3.8, 4) is 0 Å². The number of likely N-dealkylation sites (tertiary alicyclic amines) is 2. The molecule has 3 rings (SSSR count). The third kappa shape index (κ3) is 4.47. The Morgan fingerprint density at radius 1 is 1.38 bits per heavy atom. The Morgan fingerprint density at radius 2 is 2.10 bits per heavy atom. The van der Waals surface area contributed by atoms with E-state index in [-0.39, 0.29) is 17.9 Å². The molecule has 0 radical (unpaired) electrons. The van der Waals surface area contributed by atoms with Gasteiger partial charge >= 0.3 is 0 Å². The van der Waals surface area contributed by atoms with Crippen LogP contribution in [0.4, 0.5) is 0 Å². The Kier molecular flexibility index (Phi) is 7.24. The van der Waals surface area contributed by atoms with Gasteiger partial charge in [-0.3, -0.25) is 9.59 Å². The molecule has 3 N–H and O–H groups in total. The summed E-state index contributed by atoms with van der Waals surface area (Å²) in [6, 6.07) is 8.86. The number of nitrogens with zero attached hydrogens (tertiary/aromatic N) is 2. The zero-order valence-corrected chi connectivity index (χ0v) is 18.2. The van der Waals surface area contributed by atoms with Crippen molar-refractivity contribution in [3.63, 3.8) is 0 Å². The maximum atomic E-state index is 13.6. The van der Waals surface area contributed by atoms with Crippen molar-refractivity contribution in [3.05, 3.63) is 35.9 Å². The van der Waals surface area contributed by atoms with Crippen LogP contribution >= 0.6 is 11.8 Å². The van der Waals surface area contributed by atoms with Gasteiger partial charge in [0.15, 0.2) is 0 Å².